The Morgan fingerprint density at radius 3 is 1.65 bits per heavy atom. The van der Waals surface area contributed by atoms with Crippen molar-refractivity contribution in [2.45, 2.75) is 186 Å². The molecule has 0 atom stereocenters. The van der Waals surface area contributed by atoms with E-state index in [0.29, 0.717) is 0 Å². The zero-order chi connectivity index (χ0) is 58.4. The highest BCUT2D eigenvalue weighted by Crippen LogP contribution is 2.60. The third kappa shape index (κ3) is 7.84. The zero-order valence-corrected chi connectivity index (χ0v) is 52.5. The van der Waals surface area contributed by atoms with E-state index in [1.807, 2.05) is 0 Å². The average Bonchev–Trinajstić information content (AvgIpc) is 1.27. The van der Waals surface area contributed by atoms with Crippen LogP contribution in [0.2, 0.25) is 0 Å². The van der Waals surface area contributed by atoms with Gasteiger partial charge in [-0.05, 0) is 230 Å². The molecule has 84 heavy (non-hydrogen) atoms. The van der Waals surface area contributed by atoms with Crippen LogP contribution in [0.4, 0.5) is 51.2 Å². The molecule has 424 valence electrons. The summed E-state index contributed by atoms with van der Waals surface area (Å²) in [6.45, 7) is 34.0. The van der Waals surface area contributed by atoms with E-state index < -0.39 is 0 Å². The van der Waals surface area contributed by atoms with E-state index >= 15 is 0 Å². The van der Waals surface area contributed by atoms with Crippen molar-refractivity contribution in [1.29, 1.82) is 0 Å². The van der Waals surface area contributed by atoms with Crippen LogP contribution in [0.5, 0.6) is 0 Å². The lowest BCUT2D eigenvalue weighted by Crippen LogP contribution is -2.61. The van der Waals surface area contributed by atoms with Gasteiger partial charge in [-0.1, -0.05) is 175 Å². The first-order chi connectivity index (χ1) is 39.9. The number of furan rings is 1. The molecule has 4 nitrogen and oxygen atoms in total. The molecule has 0 amide bonds. The fraction of sp³-hybridized carbons (Fsp3) is 0.367. The summed E-state index contributed by atoms with van der Waals surface area (Å²) in [6, 6.07) is 61.8. The van der Waals surface area contributed by atoms with E-state index in [1.54, 1.807) is 0 Å². The monoisotopic (exact) mass is 1100 g/mol. The number of fused-ring (bicyclic) bond motifs is 10. The number of anilines is 9. The first-order valence-corrected chi connectivity index (χ1v) is 31.7. The first-order valence-electron chi connectivity index (χ1n) is 31.7. The number of hydrogen-bond donors (Lipinski definition) is 0. The Balaban J connectivity index is 1.14. The molecule has 0 radical (unpaired) electrons. The van der Waals surface area contributed by atoms with E-state index in [-0.39, 0.29) is 44.6 Å². The summed E-state index contributed by atoms with van der Waals surface area (Å²) in [5.74, 6) is 0. The molecule has 7 aliphatic rings. The van der Waals surface area contributed by atoms with Gasteiger partial charge in [0.1, 0.15) is 5.58 Å². The van der Waals surface area contributed by atoms with E-state index in [2.05, 4.69) is 269 Å². The lowest BCUT2D eigenvalue weighted by molar-refractivity contribution is 0.188. The number of nitrogens with zero attached hydrogens (tertiary/aromatic N) is 3. The van der Waals surface area contributed by atoms with E-state index in [4.69, 9.17) is 4.42 Å². The minimum Gasteiger partial charge on any atom is -0.468 e. The normalized spacial score (nSPS) is 21.7. The Kier molecular flexibility index (Phi) is 11.4. The van der Waals surface area contributed by atoms with Gasteiger partial charge in [0, 0.05) is 45.1 Å². The first kappa shape index (κ1) is 53.5. The maximum absolute atomic E-state index is 7.97. The third-order valence-corrected chi connectivity index (χ3v) is 22.4. The highest BCUT2D eigenvalue weighted by atomic mass is 16.3. The highest BCUT2D eigenvalue weighted by molar-refractivity contribution is 7.00. The van der Waals surface area contributed by atoms with E-state index in [0.717, 1.165) is 54.0 Å². The largest absolute Gasteiger partial charge is 0.468 e. The minimum atomic E-state index is -0.217. The fourth-order valence-electron chi connectivity index (χ4n) is 16.7. The Morgan fingerprint density at radius 1 is 0.464 bits per heavy atom. The molecular weight excluding hydrogens is 1020 g/mol. The van der Waals surface area contributed by atoms with E-state index in [9.17, 15) is 0 Å². The molecule has 2 aliphatic heterocycles. The molecular formula is C79H84BN3O. The van der Waals surface area contributed by atoms with Gasteiger partial charge in [-0.3, -0.25) is 0 Å². The van der Waals surface area contributed by atoms with Crippen molar-refractivity contribution in [3.05, 3.63) is 202 Å². The van der Waals surface area contributed by atoms with Crippen LogP contribution in [0, 0.1) is 6.92 Å². The van der Waals surface area contributed by atoms with Crippen LogP contribution in [0.1, 0.15) is 186 Å². The van der Waals surface area contributed by atoms with Gasteiger partial charge in [0.15, 0.2) is 0 Å². The standard InChI is InChI=1S/C79H84BN3O/c1-49-23-21-22-28-64(49)81(52-26-19-16-20-27-52)54-43-67-70-68(44-54)83(65-32-29-51(73(2,3)4)41-55(65)50-24-17-15-18-25-50)66-47-60-59(76(9,10)35-36-77(60,11)12)46-63(66)80(70)72-71(82(67)53-30-31-57-58(42-53)75(7,8)34-33-74(57,5)6)56-45-61-62(48-69(56)84-72)79(14)39-37-78(61,13)38-40-79/h15-32,41-48H,33-40H2,1-14H3. The summed E-state index contributed by atoms with van der Waals surface area (Å²) in [6.07, 6.45) is 9.42. The van der Waals surface area contributed by atoms with Crippen molar-refractivity contribution in [2.75, 3.05) is 14.7 Å². The van der Waals surface area contributed by atoms with Crippen LogP contribution in [-0.4, -0.2) is 6.71 Å². The molecule has 5 aliphatic carbocycles. The summed E-state index contributed by atoms with van der Waals surface area (Å²) in [5.41, 5.74) is 29.2. The molecule has 0 spiro atoms. The number of rotatable bonds is 6. The van der Waals surface area contributed by atoms with Crippen LogP contribution < -0.4 is 31.3 Å². The lowest BCUT2D eigenvalue weighted by Gasteiger charge is -2.52. The number of aryl methyl sites for hydroxylation is 1. The predicted octanol–water partition coefficient (Wildman–Crippen LogP) is 20.1. The van der Waals surface area contributed by atoms with Gasteiger partial charge in [-0.2, -0.15) is 0 Å². The van der Waals surface area contributed by atoms with Gasteiger partial charge < -0.3 is 19.1 Å². The van der Waals surface area contributed by atoms with Crippen molar-refractivity contribution >= 4 is 85.5 Å². The van der Waals surface area contributed by atoms with Gasteiger partial charge in [0.25, 0.3) is 6.71 Å². The molecule has 16 rings (SSSR count). The smallest absolute Gasteiger partial charge is 0.297 e. The summed E-state index contributed by atoms with van der Waals surface area (Å²) in [4.78, 5) is 7.94. The van der Waals surface area contributed by atoms with Crippen LogP contribution in [-0.2, 0) is 37.9 Å². The van der Waals surface area contributed by atoms with Crippen LogP contribution in [0.15, 0.2) is 162 Å². The summed E-state index contributed by atoms with van der Waals surface area (Å²) in [7, 11) is 0. The quantitative estimate of drug-likeness (QED) is 0.155. The lowest BCUT2D eigenvalue weighted by atomic mass is 9.35. The second kappa shape index (κ2) is 17.9. The zero-order valence-electron chi connectivity index (χ0n) is 52.5. The van der Waals surface area contributed by atoms with Gasteiger partial charge in [-0.15, -0.1) is 0 Å². The Hall–Kier alpha value is -7.24. The van der Waals surface area contributed by atoms with Crippen molar-refractivity contribution in [1.82, 2.24) is 0 Å². The van der Waals surface area contributed by atoms with Crippen LogP contribution in [0.3, 0.4) is 0 Å². The summed E-state index contributed by atoms with van der Waals surface area (Å²) >= 11 is 0. The maximum Gasteiger partial charge on any atom is 0.297 e. The second-order valence-electron chi connectivity index (χ2n) is 30.9. The van der Waals surface area contributed by atoms with Crippen LogP contribution >= 0.6 is 0 Å². The van der Waals surface area contributed by atoms with Gasteiger partial charge in [0.2, 0.25) is 0 Å². The van der Waals surface area contributed by atoms with Gasteiger partial charge >= 0.3 is 0 Å². The summed E-state index contributed by atoms with van der Waals surface area (Å²) in [5, 5.41) is 1.22. The third-order valence-electron chi connectivity index (χ3n) is 22.4. The van der Waals surface area contributed by atoms with Crippen molar-refractivity contribution in [2.24, 2.45) is 0 Å². The molecule has 0 saturated heterocycles. The molecule has 0 N–H and O–H groups in total. The number of para-hydroxylation sites is 2. The molecule has 1 fully saturated rings. The van der Waals surface area contributed by atoms with Gasteiger partial charge in [0.05, 0.1) is 22.7 Å². The second-order valence-corrected chi connectivity index (χ2v) is 30.9. The van der Waals surface area contributed by atoms with Crippen molar-refractivity contribution in [3.63, 3.8) is 0 Å². The molecule has 1 saturated carbocycles. The minimum absolute atomic E-state index is 0.0124. The molecule has 8 aromatic carbocycles. The molecule has 5 heteroatoms. The average molecular weight is 1100 g/mol. The van der Waals surface area contributed by atoms with Crippen molar-refractivity contribution < 1.29 is 4.42 Å². The Labute approximate surface area is 501 Å². The summed E-state index contributed by atoms with van der Waals surface area (Å²) < 4.78 is 7.97. The predicted molar refractivity (Wildman–Crippen MR) is 358 cm³/mol. The Bertz CT molecular complexity index is 4200. The molecule has 3 heterocycles. The topological polar surface area (TPSA) is 22.9 Å². The van der Waals surface area contributed by atoms with Gasteiger partial charge in [-0.25, -0.2) is 0 Å². The van der Waals surface area contributed by atoms with E-state index in [1.165, 1.54) is 132 Å². The molecule has 0 unspecified atom stereocenters. The maximum atomic E-state index is 7.97. The van der Waals surface area contributed by atoms with Crippen molar-refractivity contribution in [3.8, 4) is 11.1 Å². The highest BCUT2D eigenvalue weighted by Gasteiger charge is 2.52. The molecule has 1 aromatic heterocycles. The Morgan fingerprint density at radius 2 is 1.02 bits per heavy atom. The van der Waals surface area contributed by atoms with Crippen LogP contribution in [0.25, 0.3) is 22.1 Å². The fourth-order valence-corrected chi connectivity index (χ4v) is 16.7. The number of benzene rings is 8. The SMILES string of the molecule is Cc1ccccc1N(c1ccccc1)c1cc2c3c(c1)N(c1ccc4c(c1)C(C)(C)CCC4(C)C)c1c(oc4cc5c(cc14)C1(C)CCC5(C)CC1)B3c1cc3c(cc1N2c1ccc(C(C)(C)C)cc1-c1ccccc1)C(C)(C)CCC3(C)C. The number of hydrogen-bond acceptors (Lipinski definition) is 4. The molecule has 9 aromatic rings. The molecule has 2 bridgehead atoms.